The van der Waals surface area contributed by atoms with E-state index >= 15 is 0 Å². The molecule has 130 valence electrons. The molecule has 0 unspecified atom stereocenters. The van der Waals surface area contributed by atoms with Crippen LogP contribution in [0.4, 0.5) is 4.39 Å². The lowest BCUT2D eigenvalue weighted by molar-refractivity contribution is -0.146. The van der Waals surface area contributed by atoms with E-state index in [2.05, 4.69) is 17.0 Å². The van der Waals surface area contributed by atoms with Crippen molar-refractivity contribution in [2.24, 2.45) is 5.92 Å². The summed E-state index contributed by atoms with van der Waals surface area (Å²) in [4.78, 5) is 17.2. The van der Waals surface area contributed by atoms with Crippen LogP contribution in [0.2, 0.25) is 0 Å². The van der Waals surface area contributed by atoms with Crippen molar-refractivity contribution in [1.82, 2.24) is 9.80 Å². The molecule has 2 saturated heterocycles. The number of nitrogens with zero attached hydrogens (tertiary/aromatic N) is 2. The minimum atomic E-state index is -0.243. The normalized spacial score (nSPS) is 23.7. The Morgan fingerprint density at radius 2 is 1.80 bits per heavy atom. The molecule has 0 aromatic heterocycles. The molecule has 0 spiro atoms. The molecule has 2 fully saturated rings. The van der Waals surface area contributed by atoms with Crippen LogP contribution in [0.1, 0.15) is 24.0 Å². The molecule has 2 aromatic carbocycles. The first-order valence-electron chi connectivity index (χ1n) is 9.00. The van der Waals surface area contributed by atoms with Crippen molar-refractivity contribution < 1.29 is 9.18 Å². The number of benzene rings is 2. The molecule has 2 aromatic rings. The van der Waals surface area contributed by atoms with E-state index in [1.807, 2.05) is 29.2 Å². The molecule has 25 heavy (non-hydrogen) atoms. The number of halogens is 1. The SMILES string of the molecule is O=C1[C@H]2C[C@H](CCN2Cc2ccccc2)CN1Cc1cccc(F)c1. The van der Waals surface area contributed by atoms with E-state index in [4.69, 9.17) is 0 Å². The molecule has 4 rings (SSSR count). The van der Waals surface area contributed by atoms with Crippen molar-refractivity contribution in [3.8, 4) is 0 Å². The lowest BCUT2D eigenvalue weighted by atomic mass is 9.85. The largest absolute Gasteiger partial charge is 0.337 e. The second-order valence-electron chi connectivity index (χ2n) is 7.21. The molecule has 2 bridgehead atoms. The molecule has 1 amide bonds. The van der Waals surface area contributed by atoms with E-state index in [9.17, 15) is 9.18 Å². The van der Waals surface area contributed by atoms with Crippen LogP contribution in [0.15, 0.2) is 54.6 Å². The van der Waals surface area contributed by atoms with Crippen molar-refractivity contribution in [3.63, 3.8) is 0 Å². The van der Waals surface area contributed by atoms with E-state index in [0.29, 0.717) is 12.5 Å². The van der Waals surface area contributed by atoms with Crippen molar-refractivity contribution in [2.75, 3.05) is 13.1 Å². The molecule has 2 atom stereocenters. The highest BCUT2D eigenvalue weighted by Crippen LogP contribution is 2.31. The minimum absolute atomic E-state index is 0.0405. The van der Waals surface area contributed by atoms with E-state index in [0.717, 1.165) is 38.0 Å². The van der Waals surface area contributed by atoms with Crippen LogP contribution < -0.4 is 0 Å². The highest BCUT2D eigenvalue weighted by Gasteiger charge is 2.40. The van der Waals surface area contributed by atoms with Crippen LogP contribution in [-0.2, 0) is 17.9 Å². The Morgan fingerprint density at radius 1 is 1.00 bits per heavy atom. The van der Waals surface area contributed by atoms with Crippen LogP contribution in [0.25, 0.3) is 0 Å². The van der Waals surface area contributed by atoms with Gasteiger partial charge < -0.3 is 4.90 Å². The van der Waals surface area contributed by atoms with E-state index in [1.54, 1.807) is 6.07 Å². The molecular weight excluding hydrogens is 315 g/mol. The van der Waals surface area contributed by atoms with Crippen LogP contribution in [0.5, 0.6) is 0 Å². The van der Waals surface area contributed by atoms with Crippen LogP contribution in [0, 0.1) is 11.7 Å². The molecule has 4 heteroatoms. The molecule has 0 N–H and O–H groups in total. The van der Waals surface area contributed by atoms with Gasteiger partial charge >= 0.3 is 0 Å². The first-order chi connectivity index (χ1) is 12.2. The molecule has 3 nitrogen and oxygen atoms in total. The summed E-state index contributed by atoms with van der Waals surface area (Å²) < 4.78 is 13.4. The predicted molar refractivity (Wildman–Crippen MR) is 95.2 cm³/mol. The monoisotopic (exact) mass is 338 g/mol. The van der Waals surface area contributed by atoms with Gasteiger partial charge in [-0.3, -0.25) is 9.69 Å². The van der Waals surface area contributed by atoms with Crippen molar-refractivity contribution in [3.05, 3.63) is 71.5 Å². The zero-order valence-electron chi connectivity index (χ0n) is 14.3. The average Bonchev–Trinajstić information content (AvgIpc) is 2.62. The summed E-state index contributed by atoms with van der Waals surface area (Å²) in [5.74, 6) is 0.507. The molecular formula is C21H23FN2O. The standard InChI is InChI=1S/C21H23FN2O/c22-19-8-4-7-17(11-19)14-24-15-18-9-10-23(20(12-18)21(24)25)13-16-5-2-1-3-6-16/h1-8,11,18,20H,9-10,12-15H2/t18-,20+/m0/s1. The van der Waals surface area contributed by atoms with Crippen molar-refractivity contribution in [1.29, 1.82) is 0 Å². The summed E-state index contributed by atoms with van der Waals surface area (Å²) in [6, 6.07) is 16.9. The van der Waals surface area contributed by atoms with Gasteiger partial charge in [-0.15, -0.1) is 0 Å². The first kappa shape index (κ1) is 16.3. The molecule has 2 heterocycles. The number of hydrogen-bond acceptors (Lipinski definition) is 2. The van der Waals surface area contributed by atoms with E-state index in [1.165, 1.54) is 17.7 Å². The topological polar surface area (TPSA) is 23.6 Å². The lowest BCUT2D eigenvalue weighted by Crippen LogP contribution is -2.58. The third kappa shape index (κ3) is 3.59. The van der Waals surface area contributed by atoms with E-state index < -0.39 is 0 Å². The number of likely N-dealkylation sites (tertiary alicyclic amines) is 2. The molecule has 0 saturated carbocycles. The third-order valence-corrected chi connectivity index (χ3v) is 5.39. The zero-order chi connectivity index (χ0) is 17.2. The fraction of sp³-hybridized carbons (Fsp3) is 0.381. The second-order valence-corrected chi connectivity index (χ2v) is 7.21. The fourth-order valence-electron chi connectivity index (χ4n) is 4.13. The van der Waals surface area contributed by atoms with Crippen LogP contribution in [0.3, 0.4) is 0 Å². The van der Waals surface area contributed by atoms with Gasteiger partial charge in [0.25, 0.3) is 0 Å². The van der Waals surface area contributed by atoms with E-state index in [-0.39, 0.29) is 17.8 Å². The van der Waals surface area contributed by atoms with Gasteiger partial charge in [-0.05, 0) is 48.6 Å². The van der Waals surface area contributed by atoms with Crippen LogP contribution in [-0.4, -0.2) is 34.8 Å². The quantitative estimate of drug-likeness (QED) is 0.852. The minimum Gasteiger partial charge on any atom is -0.337 e. The van der Waals surface area contributed by atoms with Crippen molar-refractivity contribution in [2.45, 2.75) is 32.0 Å². The number of piperidine rings is 2. The Labute approximate surface area is 148 Å². The summed E-state index contributed by atoms with van der Waals surface area (Å²) in [6.45, 7) is 3.09. The highest BCUT2D eigenvalue weighted by molar-refractivity contribution is 5.83. The zero-order valence-corrected chi connectivity index (χ0v) is 14.3. The van der Waals surface area contributed by atoms with Gasteiger partial charge in [-0.1, -0.05) is 42.5 Å². The Balaban J connectivity index is 1.49. The van der Waals surface area contributed by atoms with Crippen LogP contribution >= 0.6 is 0 Å². The van der Waals surface area contributed by atoms with Gasteiger partial charge in [-0.25, -0.2) is 4.39 Å². The van der Waals surface area contributed by atoms with Gasteiger partial charge in [0.05, 0.1) is 6.04 Å². The molecule has 2 aliphatic rings. The average molecular weight is 338 g/mol. The second kappa shape index (κ2) is 6.96. The number of amides is 1. The maximum Gasteiger partial charge on any atom is 0.240 e. The Hall–Kier alpha value is -2.20. The highest BCUT2D eigenvalue weighted by atomic mass is 19.1. The summed E-state index contributed by atoms with van der Waals surface area (Å²) in [6.07, 6.45) is 2.07. The Bertz CT molecular complexity index is 749. The molecule has 0 aliphatic carbocycles. The number of rotatable bonds is 4. The summed E-state index contributed by atoms with van der Waals surface area (Å²) in [5, 5.41) is 0. The lowest BCUT2D eigenvalue weighted by Gasteiger charge is -2.46. The van der Waals surface area contributed by atoms with Gasteiger partial charge in [0.2, 0.25) is 5.91 Å². The summed E-state index contributed by atoms with van der Waals surface area (Å²) in [5.41, 5.74) is 2.11. The third-order valence-electron chi connectivity index (χ3n) is 5.39. The van der Waals surface area contributed by atoms with Gasteiger partial charge in [0, 0.05) is 19.6 Å². The number of carbonyl (C=O) groups excluding carboxylic acids is 1. The maximum absolute atomic E-state index is 13.4. The smallest absolute Gasteiger partial charge is 0.240 e. The van der Waals surface area contributed by atoms with Gasteiger partial charge in [0.15, 0.2) is 0 Å². The Kier molecular flexibility index (Phi) is 4.53. The Morgan fingerprint density at radius 3 is 2.60 bits per heavy atom. The molecule has 2 aliphatic heterocycles. The van der Waals surface area contributed by atoms with Gasteiger partial charge in [-0.2, -0.15) is 0 Å². The first-order valence-corrected chi connectivity index (χ1v) is 9.00. The summed E-state index contributed by atoms with van der Waals surface area (Å²) >= 11 is 0. The molecule has 0 radical (unpaired) electrons. The predicted octanol–water partition coefficient (Wildman–Crippen LogP) is 3.45. The number of hydrogen-bond donors (Lipinski definition) is 0. The maximum atomic E-state index is 13.4. The number of carbonyl (C=O) groups is 1. The van der Waals surface area contributed by atoms with Gasteiger partial charge in [0.1, 0.15) is 5.82 Å². The van der Waals surface area contributed by atoms with Crippen molar-refractivity contribution >= 4 is 5.91 Å². The number of fused-ring (bicyclic) bond motifs is 2. The fourth-order valence-corrected chi connectivity index (χ4v) is 4.13. The summed E-state index contributed by atoms with van der Waals surface area (Å²) in [7, 11) is 0.